The molecule has 0 aromatic heterocycles. The monoisotopic (exact) mass is 529 g/mol. The summed E-state index contributed by atoms with van der Waals surface area (Å²) in [6.07, 6.45) is -4.41. The molecular weight excluding hydrogens is 502 g/mol. The molecule has 1 aromatic rings. The van der Waals surface area contributed by atoms with Crippen LogP contribution in [0.1, 0.15) is 15.9 Å². The van der Waals surface area contributed by atoms with E-state index in [0.717, 1.165) is 63.7 Å². The van der Waals surface area contributed by atoms with Crippen molar-refractivity contribution in [3.63, 3.8) is 0 Å². The third-order valence-corrected chi connectivity index (χ3v) is 4.23. The van der Waals surface area contributed by atoms with Crippen LogP contribution in [0.15, 0.2) is 29.3 Å². The number of carbonyl (C=O) groups excluding carboxylic acids is 1. The highest BCUT2D eigenvalue weighted by Gasteiger charge is 2.30. The Balaban J connectivity index is 0.00000420. The fourth-order valence-electron chi connectivity index (χ4n) is 2.65. The molecule has 164 valence electrons. The molecule has 29 heavy (non-hydrogen) atoms. The van der Waals surface area contributed by atoms with Gasteiger partial charge < -0.3 is 20.7 Å². The van der Waals surface area contributed by atoms with Gasteiger partial charge in [0.05, 0.1) is 18.8 Å². The first-order valence-corrected chi connectivity index (χ1v) is 9.10. The van der Waals surface area contributed by atoms with E-state index in [1.165, 1.54) is 0 Å². The van der Waals surface area contributed by atoms with Crippen LogP contribution in [0.2, 0.25) is 0 Å². The summed E-state index contributed by atoms with van der Waals surface area (Å²) in [5.74, 6) is 0.197. The average Bonchev–Trinajstić information content (AvgIpc) is 2.70. The van der Waals surface area contributed by atoms with E-state index in [1.54, 1.807) is 7.05 Å². The molecule has 0 unspecified atom stereocenters. The summed E-state index contributed by atoms with van der Waals surface area (Å²) in [5.41, 5.74) is -0.598. The molecule has 1 aromatic carbocycles. The molecule has 11 heteroatoms. The van der Waals surface area contributed by atoms with Crippen LogP contribution in [0.3, 0.4) is 0 Å². The maximum atomic E-state index is 12.5. The van der Waals surface area contributed by atoms with E-state index < -0.39 is 17.6 Å². The zero-order chi connectivity index (χ0) is 20.4. The zero-order valence-electron chi connectivity index (χ0n) is 16.2. The largest absolute Gasteiger partial charge is 0.416 e. The fourth-order valence-corrected chi connectivity index (χ4v) is 2.65. The molecular formula is C18H27F3IN5O2. The fraction of sp³-hybridized carbons (Fsp3) is 0.556. The van der Waals surface area contributed by atoms with E-state index in [2.05, 4.69) is 25.8 Å². The number of amides is 1. The van der Waals surface area contributed by atoms with Gasteiger partial charge in [0, 0.05) is 51.9 Å². The van der Waals surface area contributed by atoms with Crippen LogP contribution in [0.5, 0.6) is 0 Å². The van der Waals surface area contributed by atoms with Crippen LogP contribution < -0.4 is 16.0 Å². The van der Waals surface area contributed by atoms with Crippen LogP contribution in [-0.4, -0.2) is 76.3 Å². The van der Waals surface area contributed by atoms with Crippen molar-refractivity contribution >= 4 is 35.8 Å². The van der Waals surface area contributed by atoms with Crippen molar-refractivity contribution in [3.8, 4) is 0 Å². The molecule has 0 atom stereocenters. The highest BCUT2D eigenvalue weighted by Crippen LogP contribution is 2.28. The van der Waals surface area contributed by atoms with Gasteiger partial charge in [0.1, 0.15) is 0 Å². The molecule has 1 amide bonds. The summed E-state index contributed by atoms with van der Waals surface area (Å²) in [7, 11) is 1.66. The highest BCUT2D eigenvalue weighted by molar-refractivity contribution is 14.0. The van der Waals surface area contributed by atoms with E-state index in [4.69, 9.17) is 4.74 Å². The molecule has 1 fully saturated rings. The summed E-state index contributed by atoms with van der Waals surface area (Å²) in [6.45, 7) is 5.71. The lowest BCUT2D eigenvalue weighted by molar-refractivity contribution is -0.137. The Morgan fingerprint density at radius 1 is 1.07 bits per heavy atom. The minimum absolute atomic E-state index is 0. The summed E-state index contributed by atoms with van der Waals surface area (Å²) < 4.78 is 42.9. The van der Waals surface area contributed by atoms with Gasteiger partial charge in [-0.05, 0) is 24.3 Å². The number of aliphatic imine (C=N–C) groups is 1. The normalized spacial score (nSPS) is 15.4. The maximum absolute atomic E-state index is 12.5. The molecule has 0 bridgehead atoms. The summed E-state index contributed by atoms with van der Waals surface area (Å²) in [6, 6.07) is 4.12. The number of rotatable bonds is 7. The number of alkyl halides is 3. The minimum atomic E-state index is -4.41. The zero-order valence-corrected chi connectivity index (χ0v) is 18.5. The van der Waals surface area contributed by atoms with Gasteiger partial charge in [-0.1, -0.05) is 0 Å². The number of morpholine rings is 1. The summed E-state index contributed by atoms with van der Waals surface area (Å²) >= 11 is 0. The lowest BCUT2D eigenvalue weighted by atomic mass is 10.1. The molecule has 3 N–H and O–H groups in total. The van der Waals surface area contributed by atoms with E-state index in [1.807, 2.05) is 0 Å². The van der Waals surface area contributed by atoms with Gasteiger partial charge >= 0.3 is 6.18 Å². The Morgan fingerprint density at radius 2 is 1.66 bits per heavy atom. The second-order valence-electron chi connectivity index (χ2n) is 6.21. The molecule has 0 spiro atoms. The van der Waals surface area contributed by atoms with E-state index in [0.29, 0.717) is 19.0 Å². The Labute approximate surface area is 185 Å². The average molecular weight is 529 g/mol. The molecule has 0 aliphatic carbocycles. The molecule has 1 aliphatic rings. The molecule has 0 radical (unpaired) electrons. The van der Waals surface area contributed by atoms with Crippen molar-refractivity contribution in [2.24, 2.45) is 4.99 Å². The van der Waals surface area contributed by atoms with Gasteiger partial charge in [0.25, 0.3) is 5.91 Å². The van der Waals surface area contributed by atoms with Crippen molar-refractivity contribution in [2.75, 3.05) is 59.5 Å². The van der Waals surface area contributed by atoms with Gasteiger partial charge in [-0.25, -0.2) is 0 Å². The second-order valence-corrected chi connectivity index (χ2v) is 6.21. The Morgan fingerprint density at radius 3 is 2.24 bits per heavy atom. The third-order valence-electron chi connectivity index (χ3n) is 4.23. The number of hydrogen-bond donors (Lipinski definition) is 3. The van der Waals surface area contributed by atoms with E-state index in [9.17, 15) is 18.0 Å². The lowest BCUT2D eigenvalue weighted by Crippen LogP contribution is -2.45. The lowest BCUT2D eigenvalue weighted by Gasteiger charge is -2.26. The minimum Gasteiger partial charge on any atom is -0.379 e. The smallest absolute Gasteiger partial charge is 0.379 e. The summed E-state index contributed by atoms with van der Waals surface area (Å²) in [4.78, 5) is 18.4. The van der Waals surface area contributed by atoms with Gasteiger partial charge in [0.15, 0.2) is 5.96 Å². The second kappa shape index (κ2) is 12.9. The SMILES string of the molecule is CN=C(NCCNC(=O)c1ccc(C(F)(F)F)cc1)NCCN1CCOCC1.I. The third kappa shape index (κ3) is 9.17. The van der Waals surface area contributed by atoms with Gasteiger partial charge in [-0.15, -0.1) is 24.0 Å². The van der Waals surface area contributed by atoms with Crippen LogP contribution in [0.25, 0.3) is 0 Å². The highest BCUT2D eigenvalue weighted by atomic mass is 127. The molecule has 1 heterocycles. The van der Waals surface area contributed by atoms with Crippen LogP contribution >= 0.6 is 24.0 Å². The topological polar surface area (TPSA) is 78.0 Å². The predicted octanol–water partition coefficient (Wildman–Crippen LogP) is 1.55. The van der Waals surface area contributed by atoms with Gasteiger partial charge in [-0.2, -0.15) is 13.2 Å². The number of hydrogen-bond acceptors (Lipinski definition) is 4. The van der Waals surface area contributed by atoms with E-state index in [-0.39, 0.29) is 29.5 Å². The standard InChI is InChI=1S/C18H26F3N5O2.HI/c1-22-17(25-8-9-26-10-12-28-13-11-26)24-7-6-23-16(27)14-2-4-15(5-3-14)18(19,20)21;/h2-5H,6-13H2,1H3,(H,23,27)(H2,22,24,25);1H. The first kappa shape index (κ1) is 25.4. The van der Waals surface area contributed by atoms with Gasteiger partial charge in [-0.3, -0.25) is 14.7 Å². The molecule has 2 rings (SSSR count). The number of carbonyl (C=O) groups is 1. The number of benzene rings is 1. The van der Waals surface area contributed by atoms with Crippen LogP contribution in [0.4, 0.5) is 13.2 Å². The van der Waals surface area contributed by atoms with Crippen molar-refractivity contribution in [3.05, 3.63) is 35.4 Å². The summed E-state index contributed by atoms with van der Waals surface area (Å²) in [5, 5.41) is 8.93. The van der Waals surface area contributed by atoms with Crippen LogP contribution in [-0.2, 0) is 10.9 Å². The first-order chi connectivity index (χ1) is 13.4. The molecule has 0 saturated carbocycles. The number of nitrogens with zero attached hydrogens (tertiary/aromatic N) is 2. The Hall–Kier alpha value is -1.60. The maximum Gasteiger partial charge on any atom is 0.416 e. The first-order valence-electron chi connectivity index (χ1n) is 9.10. The Bertz CT molecular complexity index is 650. The number of nitrogens with one attached hydrogen (secondary N) is 3. The van der Waals surface area contributed by atoms with E-state index >= 15 is 0 Å². The van der Waals surface area contributed by atoms with Crippen molar-refractivity contribution < 1.29 is 22.7 Å². The predicted molar refractivity (Wildman–Crippen MR) is 116 cm³/mol. The van der Waals surface area contributed by atoms with Crippen molar-refractivity contribution in [1.29, 1.82) is 0 Å². The molecule has 7 nitrogen and oxygen atoms in total. The Kier molecular flexibility index (Phi) is 11.3. The quantitative estimate of drug-likeness (QED) is 0.216. The molecule has 1 aliphatic heterocycles. The number of ether oxygens (including phenoxy) is 1. The number of halogens is 4. The van der Waals surface area contributed by atoms with Crippen molar-refractivity contribution in [1.82, 2.24) is 20.9 Å². The molecule has 1 saturated heterocycles. The van der Waals surface area contributed by atoms with Crippen LogP contribution in [0, 0.1) is 0 Å². The van der Waals surface area contributed by atoms with Gasteiger partial charge in [0.2, 0.25) is 0 Å². The van der Waals surface area contributed by atoms with Crippen molar-refractivity contribution in [2.45, 2.75) is 6.18 Å². The number of guanidine groups is 1.